The largest absolute Gasteiger partial charge is 0.383 e. The van der Waals surface area contributed by atoms with Gasteiger partial charge in [-0.3, -0.25) is 0 Å². The maximum absolute atomic E-state index is 13.4. The monoisotopic (exact) mass is 243 g/mol. The molecule has 0 fully saturated rings. The molecule has 1 unspecified atom stereocenters. The average Bonchev–Trinajstić information content (AvgIpc) is 2.29. The molecule has 0 aliphatic carbocycles. The molecule has 0 saturated carbocycles. The van der Waals surface area contributed by atoms with E-state index in [1.165, 1.54) is 18.2 Å². The molecule has 0 radical (unpaired) electrons. The van der Waals surface area contributed by atoms with Gasteiger partial charge in [0.15, 0.2) is 0 Å². The molecule has 2 nitrogen and oxygen atoms in total. The Bertz CT molecular complexity index is 318. The van der Waals surface area contributed by atoms with Gasteiger partial charge < -0.3 is 10.1 Å². The van der Waals surface area contributed by atoms with E-state index in [0.717, 1.165) is 12.8 Å². The summed E-state index contributed by atoms with van der Waals surface area (Å²) in [5.74, 6) is -1.02. The zero-order valence-corrected chi connectivity index (χ0v) is 10.3. The van der Waals surface area contributed by atoms with Crippen molar-refractivity contribution in [3.8, 4) is 0 Å². The van der Waals surface area contributed by atoms with Crippen molar-refractivity contribution in [2.75, 3.05) is 13.7 Å². The fraction of sp³-hybridized carbons (Fsp3) is 0.538. The van der Waals surface area contributed by atoms with Gasteiger partial charge in [0.25, 0.3) is 0 Å². The first kappa shape index (κ1) is 14.1. The molecular weight excluding hydrogens is 224 g/mol. The number of rotatable bonds is 7. The molecule has 96 valence electrons. The molecule has 0 aromatic heterocycles. The summed E-state index contributed by atoms with van der Waals surface area (Å²) in [5, 5.41) is 3.11. The van der Waals surface area contributed by atoms with Gasteiger partial charge in [-0.15, -0.1) is 0 Å². The standard InChI is InChI=1S/C13H19F2NO/c1-3-5-10(9-17-2)16-8-11-12(14)6-4-7-13(11)15/h4,6-7,10,16H,3,5,8-9H2,1-2H3. The summed E-state index contributed by atoms with van der Waals surface area (Å²) in [5.41, 5.74) is 0.0877. The molecule has 1 rings (SSSR count). The molecule has 17 heavy (non-hydrogen) atoms. The third-order valence-electron chi connectivity index (χ3n) is 2.63. The van der Waals surface area contributed by atoms with Crippen LogP contribution in [0.5, 0.6) is 0 Å². The molecule has 4 heteroatoms. The number of ether oxygens (including phenoxy) is 1. The second kappa shape index (κ2) is 7.35. The summed E-state index contributed by atoms with van der Waals surface area (Å²) < 4.78 is 31.8. The summed E-state index contributed by atoms with van der Waals surface area (Å²) in [6.07, 6.45) is 1.92. The van der Waals surface area contributed by atoms with Crippen molar-refractivity contribution < 1.29 is 13.5 Å². The van der Waals surface area contributed by atoms with E-state index < -0.39 is 11.6 Å². The summed E-state index contributed by atoms with van der Waals surface area (Å²) in [4.78, 5) is 0. The Kier molecular flexibility index (Phi) is 6.08. The third-order valence-corrected chi connectivity index (χ3v) is 2.63. The van der Waals surface area contributed by atoms with Crippen molar-refractivity contribution in [2.45, 2.75) is 32.4 Å². The number of methoxy groups -OCH3 is 1. The van der Waals surface area contributed by atoms with Gasteiger partial charge in [0, 0.05) is 25.3 Å². The van der Waals surface area contributed by atoms with Gasteiger partial charge in [0.2, 0.25) is 0 Å². The zero-order chi connectivity index (χ0) is 12.7. The molecule has 0 spiro atoms. The third kappa shape index (κ3) is 4.40. The second-order valence-corrected chi connectivity index (χ2v) is 4.02. The Morgan fingerprint density at radius 2 is 1.94 bits per heavy atom. The Balaban J connectivity index is 2.58. The maximum atomic E-state index is 13.4. The minimum absolute atomic E-state index is 0.0877. The SMILES string of the molecule is CCCC(COC)NCc1c(F)cccc1F. The lowest BCUT2D eigenvalue weighted by atomic mass is 10.1. The van der Waals surface area contributed by atoms with Crippen LogP contribution >= 0.6 is 0 Å². The molecule has 0 aliphatic rings. The lowest BCUT2D eigenvalue weighted by Crippen LogP contribution is -2.33. The summed E-state index contributed by atoms with van der Waals surface area (Å²) >= 11 is 0. The van der Waals surface area contributed by atoms with Crippen molar-refractivity contribution in [1.82, 2.24) is 5.32 Å². The summed E-state index contributed by atoms with van der Waals surface area (Å²) in [6, 6.07) is 4.03. The van der Waals surface area contributed by atoms with Crippen LogP contribution in [-0.2, 0) is 11.3 Å². The molecular formula is C13H19F2NO. The van der Waals surface area contributed by atoms with Gasteiger partial charge in [-0.05, 0) is 18.6 Å². The van der Waals surface area contributed by atoms with E-state index in [1.807, 2.05) is 0 Å². The van der Waals surface area contributed by atoms with Crippen LogP contribution in [0.15, 0.2) is 18.2 Å². The number of nitrogens with one attached hydrogen (secondary N) is 1. The molecule has 0 bridgehead atoms. The fourth-order valence-electron chi connectivity index (χ4n) is 1.74. The molecule has 1 aromatic rings. The maximum Gasteiger partial charge on any atom is 0.130 e. The minimum atomic E-state index is -0.509. The topological polar surface area (TPSA) is 21.3 Å². The van der Waals surface area contributed by atoms with E-state index in [-0.39, 0.29) is 18.2 Å². The van der Waals surface area contributed by atoms with E-state index in [4.69, 9.17) is 4.74 Å². The van der Waals surface area contributed by atoms with Crippen molar-refractivity contribution in [3.05, 3.63) is 35.4 Å². The molecule has 0 heterocycles. The number of benzene rings is 1. The Labute approximate surface area is 101 Å². The van der Waals surface area contributed by atoms with E-state index >= 15 is 0 Å². The highest BCUT2D eigenvalue weighted by Gasteiger charge is 2.11. The first-order valence-corrected chi connectivity index (χ1v) is 5.84. The van der Waals surface area contributed by atoms with Crippen LogP contribution in [0.4, 0.5) is 8.78 Å². The Morgan fingerprint density at radius 1 is 1.29 bits per heavy atom. The van der Waals surface area contributed by atoms with Crippen LogP contribution in [0.25, 0.3) is 0 Å². The van der Waals surface area contributed by atoms with E-state index in [2.05, 4.69) is 12.2 Å². The first-order chi connectivity index (χ1) is 8.19. The van der Waals surface area contributed by atoms with Crippen molar-refractivity contribution in [3.63, 3.8) is 0 Å². The first-order valence-electron chi connectivity index (χ1n) is 5.84. The summed E-state index contributed by atoms with van der Waals surface area (Å²) in [7, 11) is 1.62. The van der Waals surface area contributed by atoms with E-state index in [9.17, 15) is 8.78 Å². The lowest BCUT2D eigenvalue weighted by Gasteiger charge is -2.17. The molecule has 1 atom stereocenters. The van der Waals surface area contributed by atoms with E-state index in [0.29, 0.717) is 6.61 Å². The van der Waals surface area contributed by atoms with Gasteiger partial charge in [-0.25, -0.2) is 8.78 Å². The molecule has 1 aromatic carbocycles. The summed E-state index contributed by atoms with van der Waals surface area (Å²) in [6.45, 7) is 2.80. The van der Waals surface area contributed by atoms with Crippen molar-refractivity contribution >= 4 is 0 Å². The minimum Gasteiger partial charge on any atom is -0.383 e. The Hall–Kier alpha value is -1.00. The highest BCUT2D eigenvalue weighted by Crippen LogP contribution is 2.12. The second-order valence-electron chi connectivity index (χ2n) is 4.02. The van der Waals surface area contributed by atoms with Crippen molar-refractivity contribution in [1.29, 1.82) is 0 Å². The molecule has 0 saturated heterocycles. The molecule has 1 N–H and O–H groups in total. The van der Waals surface area contributed by atoms with Gasteiger partial charge in [0.1, 0.15) is 11.6 Å². The van der Waals surface area contributed by atoms with Gasteiger partial charge in [-0.2, -0.15) is 0 Å². The molecule has 0 amide bonds. The average molecular weight is 243 g/mol. The Morgan fingerprint density at radius 3 is 2.47 bits per heavy atom. The van der Waals surface area contributed by atoms with Gasteiger partial charge in [-0.1, -0.05) is 19.4 Å². The smallest absolute Gasteiger partial charge is 0.130 e. The number of hydrogen-bond donors (Lipinski definition) is 1. The van der Waals surface area contributed by atoms with Crippen LogP contribution in [0.1, 0.15) is 25.3 Å². The zero-order valence-electron chi connectivity index (χ0n) is 10.3. The van der Waals surface area contributed by atoms with E-state index in [1.54, 1.807) is 7.11 Å². The normalized spacial score (nSPS) is 12.7. The predicted molar refractivity (Wildman–Crippen MR) is 63.8 cm³/mol. The highest BCUT2D eigenvalue weighted by molar-refractivity contribution is 5.19. The van der Waals surface area contributed by atoms with Crippen LogP contribution in [0.3, 0.4) is 0 Å². The van der Waals surface area contributed by atoms with Crippen LogP contribution in [-0.4, -0.2) is 19.8 Å². The highest BCUT2D eigenvalue weighted by atomic mass is 19.1. The fourth-order valence-corrected chi connectivity index (χ4v) is 1.74. The number of halogens is 2. The lowest BCUT2D eigenvalue weighted by molar-refractivity contribution is 0.161. The molecule has 0 aliphatic heterocycles. The van der Waals surface area contributed by atoms with Crippen molar-refractivity contribution in [2.24, 2.45) is 0 Å². The van der Waals surface area contributed by atoms with Crippen LogP contribution in [0, 0.1) is 11.6 Å². The number of hydrogen-bond acceptors (Lipinski definition) is 2. The van der Waals surface area contributed by atoms with Crippen LogP contribution < -0.4 is 5.32 Å². The predicted octanol–water partition coefficient (Wildman–Crippen LogP) is 2.87. The van der Waals surface area contributed by atoms with Crippen LogP contribution in [0.2, 0.25) is 0 Å². The van der Waals surface area contributed by atoms with Gasteiger partial charge >= 0.3 is 0 Å². The quantitative estimate of drug-likeness (QED) is 0.795. The van der Waals surface area contributed by atoms with Gasteiger partial charge in [0.05, 0.1) is 6.61 Å².